The lowest BCUT2D eigenvalue weighted by molar-refractivity contribution is -0.162. The predicted molar refractivity (Wildman–Crippen MR) is 69.4 cm³/mol. The average Bonchev–Trinajstić information content (AvgIpc) is 2.38. The molecule has 1 N–H and O–H groups in total. The number of aliphatic carboxylic acids is 1. The third-order valence-corrected chi connectivity index (χ3v) is 3.08. The number of hydrogen-bond acceptors (Lipinski definition) is 3. The third-order valence-electron chi connectivity index (χ3n) is 3.08. The number of allylic oxidation sites excluding steroid dienone is 1. The van der Waals surface area contributed by atoms with Crippen LogP contribution in [0.5, 0.6) is 0 Å². The van der Waals surface area contributed by atoms with Gasteiger partial charge in [0.2, 0.25) is 0 Å². The molecule has 0 saturated carbocycles. The van der Waals surface area contributed by atoms with Gasteiger partial charge in [-0.25, -0.2) is 4.79 Å². The molecule has 4 heteroatoms. The Morgan fingerprint density at radius 1 is 1.39 bits per heavy atom. The number of carbonyl (C=O) groups is 1. The Labute approximate surface area is 109 Å². The van der Waals surface area contributed by atoms with Crippen LogP contribution in [-0.4, -0.2) is 30.6 Å². The molecule has 4 nitrogen and oxygen atoms in total. The highest BCUT2D eigenvalue weighted by atomic mass is 16.7. The van der Waals surface area contributed by atoms with Crippen molar-refractivity contribution in [3.8, 4) is 0 Å². The summed E-state index contributed by atoms with van der Waals surface area (Å²) < 4.78 is 11.1. The highest BCUT2D eigenvalue weighted by Gasteiger charge is 2.13. The first kappa shape index (κ1) is 15.2. The summed E-state index contributed by atoms with van der Waals surface area (Å²) in [6, 6.07) is 0. The topological polar surface area (TPSA) is 55.8 Å². The summed E-state index contributed by atoms with van der Waals surface area (Å²) in [6.07, 6.45) is 9.08. The van der Waals surface area contributed by atoms with Crippen molar-refractivity contribution in [3.63, 3.8) is 0 Å². The van der Waals surface area contributed by atoms with E-state index in [-0.39, 0.29) is 6.29 Å². The summed E-state index contributed by atoms with van der Waals surface area (Å²) in [5.74, 6) is -0.826. The Kier molecular flexibility index (Phi) is 7.69. The van der Waals surface area contributed by atoms with Crippen molar-refractivity contribution in [2.75, 3.05) is 13.2 Å². The highest BCUT2D eigenvalue weighted by Crippen LogP contribution is 2.14. The monoisotopic (exact) mass is 256 g/mol. The fourth-order valence-electron chi connectivity index (χ4n) is 1.89. The SMILES string of the molecule is CC(=CCCCCCOC1CCCCO1)C(=O)O. The second-order valence-electron chi connectivity index (χ2n) is 4.71. The summed E-state index contributed by atoms with van der Waals surface area (Å²) in [5, 5.41) is 8.66. The molecule has 1 aliphatic heterocycles. The van der Waals surface area contributed by atoms with Crippen LogP contribution < -0.4 is 0 Å². The zero-order chi connectivity index (χ0) is 13.2. The quantitative estimate of drug-likeness (QED) is 0.535. The molecule has 0 radical (unpaired) electrons. The zero-order valence-corrected chi connectivity index (χ0v) is 11.2. The van der Waals surface area contributed by atoms with Crippen molar-refractivity contribution in [2.24, 2.45) is 0 Å². The van der Waals surface area contributed by atoms with Gasteiger partial charge in [-0.3, -0.25) is 0 Å². The van der Waals surface area contributed by atoms with Crippen molar-refractivity contribution >= 4 is 5.97 Å². The minimum absolute atomic E-state index is 0.00732. The second-order valence-corrected chi connectivity index (χ2v) is 4.71. The summed E-state index contributed by atoms with van der Waals surface area (Å²) >= 11 is 0. The smallest absolute Gasteiger partial charge is 0.330 e. The molecule has 1 atom stereocenters. The number of hydrogen-bond donors (Lipinski definition) is 1. The van der Waals surface area contributed by atoms with E-state index in [1.807, 2.05) is 0 Å². The number of unbranched alkanes of at least 4 members (excludes halogenated alkanes) is 3. The minimum atomic E-state index is -0.826. The van der Waals surface area contributed by atoms with Gasteiger partial charge < -0.3 is 14.6 Å². The van der Waals surface area contributed by atoms with Crippen LogP contribution in [0.1, 0.15) is 51.9 Å². The third kappa shape index (κ3) is 6.77. The molecular formula is C14H24O4. The van der Waals surface area contributed by atoms with Crippen molar-refractivity contribution in [1.29, 1.82) is 0 Å². The van der Waals surface area contributed by atoms with Crippen molar-refractivity contribution < 1.29 is 19.4 Å². The summed E-state index contributed by atoms with van der Waals surface area (Å²) in [4.78, 5) is 10.5. The maximum atomic E-state index is 10.5. The lowest BCUT2D eigenvalue weighted by Gasteiger charge is -2.22. The first-order valence-electron chi connectivity index (χ1n) is 6.83. The molecule has 1 fully saturated rings. The Hall–Kier alpha value is -0.870. The van der Waals surface area contributed by atoms with Gasteiger partial charge in [-0.15, -0.1) is 0 Å². The van der Waals surface area contributed by atoms with E-state index in [4.69, 9.17) is 14.6 Å². The largest absolute Gasteiger partial charge is 0.478 e. The normalized spacial score (nSPS) is 20.9. The lowest BCUT2D eigenvalue weighted by Crippen LogP contribution is -2.22. The van der Waals surface area contributed by atoms with Gasteiger partial charge in [0.05, 0.1) is 0 Å². The van der Waals surface area contributed by atoms with E-state index in [1.165, 1.54) is 6.42 Å². The van der Waals surface area contributed by atoms with Crippen LogP contribution in [0.3, 0.4) is 0 Å². The van der Waals surface area contributed by atoms with Crippen LogP contribution >= 0.6 is 0 Å². The fraction of sp³-hybridized carbons (Fsp3) is 0.786. The first-order chi connectivity index (χ1) is 8.70. The molecule has 1 aliphatic rings. The lowest BCUT2D eigenvalue weighted by atomic mass is 10.1. The van der Waals surface area contributed by atoms with Crippen molar-refractivity contribution in [3.05, 3.63) is 11.6 Å². The van der Waals surface area contributed by atoms with Crippen LogP contribution in [0.4, 0.5) is 0 Å². The van der Waals surface area contributed by atoms with Gasteiger partial charge >= 0.3 is 5.97 Å². The molecule has 0 aromatic rings. The number of carboxylic acid groups (broad SMARTS) is 1. The molecule has 0 aromatic carbocycles. The van der Waals surface area contributed by atoms with Gasteiger partial charge in [-0.1, -0.05) is 12.5 Å². The Bertz CT molecular complexity index is 267. The molecule has 104 valence electrons. The van der Waals surface area contributed by atoms with Crippen LogP contribution in [-0.2, 0) is 14.3 Å². The number of carboxylic acids is 1. The second kappa shape index (κ2) is 9.11. The van der Waals surface area contributed by atoms with Gasteiger partial charge in [0.1, 0.15) is 0 Å². The Balaban J connectivity index is 1.92. The van der Waals surface area contributed by atoms with Gasteiger partial charge in [-0.05, 0) is 45.4 Å². The molecule has 0 aromatic heterocycles. The van der Waals surface area contributed by atoms with E-state index in [2.05, 4.69) is 0 Å². The van der Waals surface area contributed by atoms with Gasteiger partial charge in [0.25, 0.3) is 0 Å². The van der Waals surface area contributed by atoms with E-state index in [1.54, 1.807) is 13.0 Å². The summed E-state index contributed by atoms with van der Waals surface area (Å²) in [5.41, 5.74) is 0.432. The average molecular weight is 256 g/mol. The Morgan fingerprint density at radius 3 is 2.89 bits per heavy atom. The summed E-state index contributed by atoms with van der Waals surface area (Å²) in [7, 11) is 0. The van der Waals surface area contributed by atoms with Gasteiger partial charge in [-0.2, -0.15) is 0 Å². The molecular weight excluding hydrogens is 232 g/mol. The maximum Gasteiger partial charge on any atom is 0.330 e. The molecule has 1 rings (SSSR count). The summed E-state index contributed by atoms with van der Waals surface area (Å²) in [6.45, 7) is 3.20. The van der Waals surface area contributed by atoms with E-state index in [0.717, 1.165) is 51.7 Å². The van der Waals surface area contributed by atoms with Crippen LogP contribution in [0.15, 0.2) is 11.6 Å². The van der Waals surface area contributed by atoms with E-state index in [0.29, 0.717) is 5.57 Å². The fourth-order valence-corrected chi connectivity index (χ4v) is 1.89. The molecule has 0 spiro atoms. The molecule has 0 amide bonds. The van der Waals surface area contributed by atoms with Gasteiger partial charge in [0.15, 0.2) is 6.29 Å². The van der Waals surface area contributed by atoms with E-state index >= 15 is 0 Å². The number of rotatable bonds is 8. The predicted octanol–water partition coefficient (Wildman–Crippen LogP) is 3.12. The molecule has 18 heavy (non-hydrogen) atoms. The molecule has 0 bridgehead atoms. The maximum absolute atomic E-state index is 10.5. The Morgan fingerprint density at radius 2 is 2.22 bits per heavy atom. The van der Waals surface area contributed by atoms with Crippen molar-refractivity contribution in [2.45, 2.75) is 58.2 Å². The van der Waals surface area contributed by atoms with Crippen molar-refractivity contribution in [1.82, 2.24) is 0 Å². The molecule has 1 unspecified atom stereocenters. The zero-order valence-electron chi connectivity index (χ0n) is 11.2. The van der Waals surface area contributed by atoms with E-state index in [9.17, 15) is 4.79 Å². The van der Waals surface area contributed by atoms with Crippen LogP contribution in [0.2, 0.25) is 0 Å². The highest BCUT2D eigenvalue weighted by molar-refractivity contribution is 5.85. The van der Waals surface area contributed by atoms with Gasteiger partial charge in [0, 0.05) is 18.8 Å². The molecule has 1 heterocycles. The number of ether oxygens (including phenoxy) is 2. The molecule has 0 aliphatic carbocycles. The van der Waals surface area contributed by atoms with Crippen LogP contribution in [0, 0.1) is 0 Å². The minimum Gasteiger partial charge on any atom is -0.478 e. The van der Waals surface area contributed by atoms with E-state index < -0.39 is 5.97 Å². The first-order valence-corrected chi connectivity index (χ1v) is 6.83. The molecule has 1 saturated heterocycles. The standard InChI is InChI=1S/C14H24O4/c1-12(14(15)16)8-4-2-3-6-10-17-13-9-5-7-11-18-13/h8,13H,2-7,9-11H2,1H3,(H,15,16). The van der Waals surface area contributed by atoms with Crippen LogP contribution in [0.25, 0.3) is 0 Å².